The highest BCUT2D eigenvalue weighted by Gasteiger charge is 2.41. The van der Waals surface area contributed by atoms with Crippen LogP contribution < -0.4 is 10.2 Å². The van der Waals surface area contributed by atoms with E-state index in [4.69, 9.17) is 0 Å². The fraction of sp³-hybridized carbons (Fsp3) is 0.588. The van der Waals surface area contributed by atoms with Gasteiger partial charge in [-0.3, -0.25) is 4.79 Å². The lowest BCUT2D eigenvalue weighted by atomic mass is 9.74. The minimum absolute atomic E-state index is 0.281. The summed E-state index contributed by atoms with van der Waals surface area (Å²) in [5, 5.41) is 3.44. The van der Waals surface area contributed by atoms with E-state index in [2.05, 4.69) is 37.4 Å². The van der Waals surface area contributed by atoms with E-state index in [1.54, 1.807) is 0 Å². The fourth-order valence-electron chi connectivity index (χ4n) is 3.37. The Labute approximate surface area is 131 Å². The van der Waals surface area contributed by atoms with Gasteiger partial charge in [0.1, 0.15) is 0 Å². The maximum atomic E-state index is 13.2. The number of rotatable bonds is 2. The summed E-state index contributed by atoms with van der Waals surface area (Å²) in [5.74, 6) is 1.70. The first kappa shape index (κ1) is 14.9. The van der Waals surface area contributed by atoms with Crippen molar-refractivity contribution in [2.24, 2.45) is 11.3 Å². The van der Waals surface area contributed by atoms with Crippen LogP contribution in [0.2, 0.25) is 0 Å². The zero-order valence-electron chi connectivity index (χ0n) is 12.9. The van der Waals surface area contributed by atoms with Crippen LogP contribution in [-0.4, -0.2) is 31.3 Å². The van der Waals surface area contributed by atoms with Crippen molar-refractivity contribution in [3.05, 3.63) is 24.3 Å². The molecule has 0 saturated carbocycles. The molecule has 3 nitrogen and oxygen atoms in total. The molecule has 0 aromatic heterocycles. The lowest BCUT2D eigenvalue weighted by Gasteiger charge is -2.41. The second-order valence-corrected chi connectivity index (χ2v) is 7.67. The largest absolute Gasteiger partial charge is 0.316 e. The summed E-state index contributed by atoms with van der Waals surface area (Å²) in [5.41, 5.74) is 0.790. The van der Waals surface area contributed by atoms with Crippen molar-refractivity contribution in [1.82, 2.24) is 5.32 Å². The maximum absolute atomic E-state index is 13.2. The van der Waals surface area contributed by atoms with Crippen LogP contribution in [0.4, 0.5) is 5.69 Å². The lowest BCUT2D eigenvalue weighted by Crippen LogP contribution is -2.50. The van der Waals surface area contributed by atoms with Gasteiger partial charge in [-0.2, -0.15) is 0 Å². The van der Waals surface area contributed by atoms with Gasteiger partial charge < -0.3 is 10.2 Å². The van der Waals surface area contributed by atoms with Crippen molar-refractivity contribution >= 4 is 23.4 Å². The van der Waals surface area contributed by atoms with Gasteiger partial charge in [-0.1, -0.05) is 26.0 Å². The normalized spacial score (nSPS) is 22.8. The molecule has 0 radical (unpaired) electrons. The SMILES string of the molecule is CC(C)(C(=O)N1CCSc2ccccc21)C1CCCNC1. The van der Waals surface area contributed by atoms with Crippen molar-refractivity contribution in [2.45, 2.75) is 31.6 Å². The number of hydrogen-bond donors (Lipinski definition) is 1. The van der Waals surface area contributed by atoms with Crippen LogP contribution in [0.3, 0.4) is 0 Å². The van der Waals surface area contributed by atoms with E-state index in [1.165, 1.54) is 11.3 Å². The number of carbonyl (C=O) groups excluding carboxylic acids is 1. The summed E-state index contributed by atoms with van der Waals surface area (Å²) in [6, 6.07) is 8.28. The van der Waals surface area contributed by atoms with Gasteiger partial charge in [-0.25, -0.2) is 0 Å². The van der Waals surface area contributed by atoms with E-state index in [1.807, 2.05) is 22.7 Å². The number of thioether (sulfide) groups is 1. The third-order valence-electron chi connectivity index (χ3n) is 4.84. The molecule has 4 heteroatoms. The van der Waals surface area contributed by atoms with Gasteiger partial charge >= 0.3 is 0 Å². The van der Waals surface area contributed by atoms with Crippen molar-refractivity contribution in [2.75, 3.05) is 30.3 Å². The number of hydrogen-bond acceptors (Lipinski definition) is 3. The Morgan fingerprint density at radius 1 is 1.38 bits per heavy atom. The number of piperidine rings is 1. The topological polar surface area (TPSA) is 32.3 Å². The number of amides is 1. The van der Waals surface area contributed by atoms with Crippen LogP contribution >= 0.6 is 11.8 Å². The fourth-order valence-corrected chi connectivity index (χ4v) is 4.37. The highest BCUT2D eigenvalue weighted by atomic mass is 32.2. The van der Waals surface area contributed by atoms with Crippen LogP contribution in [0.15, 0.2) is 29.2 Å². The van der Waals surface area contributed by atoms with Crippen LogP contribution in [0.5, 0.6) is 0 Å². The molecule has 0 bridgehead atoms. The van der Waals surface area contributed by atoms with E-state index in [0.29, 0.717) is 5.92 Å². The summed E-state index contributed by atoms with van der Waals surface area (Å²) < 4.78 is 0. The molecule has 1 aromatic carbocycles. The standard InChI is InChI=1S/C17H24N2OS/c1-17(2,13-6-5-9-18-12-13)16(20)19-10-11-21-15-8-4-3-7-14(15)19/h3-4,7-8,13,18H,5-6,9-12H2,1-2H3. The molecule has 1 atom stereocenters. The molecular weight excluding hydrogens is 280 g/mol. The van der Waals surface area contributed by atoms with Gasteiger partial charge in [0.2, 0.25) is 5.91 Å². The number of nitrogens with zero attached hydrogens (tertiary/aromatic N) is 1. The summed E-state index contributed by atoms with van der Waals surface area (Å²) in [6.45, 7) is 7.12. The van der Waals surface area contributed by atoms with E-state index in [9.17, 15) is 4.79 Å². The predicted molar refractivity (Wildman–Crippen MR) is 88.9 cm³/mol. The molecule has 2 heterocycles. The second-order valence-electron chi connectivity index (χ2n) is 6.54. The van der Waals surface area contributed by atoms with Gasteiger partial charge in [0, 0.05) is 22.6 Å². The molecule has 21 heavy (non-hydrogen) atoms. The van der Waals surface area contributed by atoms with Gasteiger partial charge in [0.25, 0.3) is 0 Å². The highest BCUT2D eigenvalue weighted by Crippen LogP contribution is 2.39. The summed E-state index contributed by atoms with van der Waals surface area (Å²) in [7, 11) is 0. The molecule has 0 spiro atoms. The van der Waals surface area contributed by atoms with Crippen LogP contribution in [0, 0.1) is 11.3 Å². The first-order valence-corrected chi connectivity index (χ1v) is 8.84. The molecule has 2 aliphatic heterocycles. The number of anilines is 1. The monoisotopic (exact) mass is 304 g/mol. The smallest absolute Gasteiger partial charge is 0.233 e. The molecule has 1 saturated heterocycles. The average Bonchev–Trinajstić information content (AvgIpc) is 2.54. The van der Waals surface area contributed by atoms with Crippen molar-refractivity contribution in [3.8, 4) is 0 Å². The first-order chi connectivity index (χ1) is 10.1. The van der Waals surface area contributed by atoms with Crippen molar-refractivity contribution < 1.29 is 4.79 Å². The zero-order chi connectivity index (χ0) is 14.9. The van der Waals surface area contributed by atoms with E-state index in [-0.39, 0.29) is 11.3 Å². The third-order valence-corrected chi connectivity index (χ3v) is 5.89. The van der Waals surface area contributed by atoms with Crippen molar-refractivity contribution in [3.63, 3.8) is 0 Å². The Kier molecular flexibility index (Phi) is 4.27. The van der Waals surface area contributed by atoms with E-state index in [0.717, 1.165) is 37.5 Å². The summed E-state index contributed by atoms with van der Waals surface area (Å²) in [4.78, 5) is 16.4. The molecule has 1 aromatic rings. The molecule has 114 valence electrons. The summed E-state index contributed by atoms with van der Waals surface area (Å²) in [6.07, 6.45) is 2.32. The Morgan fingerprint density at radius 2 is 2.19 bits per heavy atom. The Balaban J connectivity index is 1.85. The number of para-hydroxylation sites is 1. The molecule has 0 aliphatic carbocycles. The molecule has 1 N–H and O–H groups in total. The molecule has 3 rings (SSSR count). The van der Waals surface area contributed by atoms with Crippen molar-refractivity contribution in [1.29, 1.82) is 0 Å². The maximum Gasteiger partial charge on any atom is 0.233 e. The average molecular weight is 304 g/mol. The van der Waals surface area contributed by atoms with Crippen LogP contribution in [0.1, 0.15) is 26.7 Å². The number of benzene rings is 1. The highest BCUT2D eigenvalue weighted by molar-refractivity contribution is 7.99. The van der Waals surface area contributed by atoms with Gasteiger partial charge in [-0.15, -0.1) is 11.8 Å². The zero-order valence-corrected chi connectivity index (χ0v) is 13.7. The number of carbonyl (C=O) groups is 1. The molecule has 2 aliphatic rings. The number of nitrogens with one attached hydrogen (secondary N) is 1. The first-order valence-electron chi connectivity index (χ1n) is 7.85. The minimum Gasteiger partial charge on any atom is -0.316 e. The molecular formula is C17H24N2OS. The van der Waals surface area contributed by atoms with Gasteiger partial charge in [0.05, 0.1) is 5.69 Å². The third kappa shape index (κ3) is 2.84. The molecule has 1 amide bonds. The van der Waals surface area contributed by atoms with E-state index < -0.39 is 0 Å². The van der Waals surface area contributed by atoms with Gasteiger partial charge in [-0.05, 0) is 44.0 Å². The Hall–Kier alpha value is -1.00. The minimum atomic E-state index is -0.303. The molecule has 1 fully saturated rings. The van der Waals surface area contributed by atoms with Crippen LogP contribution in [0.25, 0.3) is 0 Å². The second kappa shape index (κ2) is 6.01. The quantitative estimate of drug-likeness (QED) is 0.911. The Morgan fingerprint density at radius 3 is 2.95 bits per heavy atom. The van der Waals surface area contributed by atoms with Crippen LogP contribution in [-0.2, 0) is 4.79 Å². The number of fused-ring (bicyclic) bond motifs is 1. The van der Waals surface area contributed by atoms with Gasteiger partial charge in [0.15, 0.2) is 0 Å². The summed E-state index contributed by atoms with van der Waals surface area (Å²) >= 11 is 1.85. The predicted octanol–water partition coefficient (Wildman–Crippen LogP) is 3.15. The van der Waals surface area contributed by atoms with E-state index >= 15 is 0 Å². The Bertz CT molecular complexity index is 523. The molecule has 1 unspecified atom stereocenters. The lowest BCUT2D eigenvalue weighted by molar-refractivity contribution is -0.129.